The Morgan fingerprint density at radius 1 is 1.45 bits per heavy atom. The zero-order chi connectivity index (χ0) is 14.1. The first-order chi connectivity index (χ1) is 9.65. The first-order valence-corrected chi connectivity index (χ1v) is 7.65. The van der Waals surface area contributed by atoms with Crippen LogP contribution in [-0.2, 0) is 13.0 Å². The Hall–Kier alpha value is -1.46. The molecule has 0 saturated heterocycles. The minimum atomic E-state index is -0.262. The van der Waals surface area contributed by atoms with Gasteiger partial charge >= 0.3 is 0 Å². The Morgan fingerprint density at radius 3 is 3.00 bits per heavy atom. The minimum Gasteiger partial charge on any atom is -0.326 e. The summed E-state index contributed by atoms with van der Waals surface area (Å²) in [5.74, 6) is 0.505. The van der Waals surface area contributed by atoms with Crippen LogP contribution in [0.4, 0.5) is 4.39 Å². The number of nitrogens with zero attached hydrogens (tertiary/aromatic N) is 3. The molecule has 3 aromatic rings. The molecule has 0 spiro atoms. The lowest BCUT2D eigenvalue weighted by atomic mass is 10.3. The Balaban J connectivity index is 2.01. The molecule has 0 fully saturated rings. The molecule has 2 heterocycles. The zero-order valence-corrected chi connectivity index (χ0v) is 12.5. The Morgan fingerprint density at radius 2 is 2.30 bits per heavy atom. The topological polar surface area (TPSA) is 30.7 Å². The van der Waals surface area contributed by atoms with E-state index in [4.69, 9.17) is 11.6 Å². The molecule has 20 heavy (non-hydrogen) atoms. The lowest BCUT2D eigenvalue weighted by Gasteiger charge is -2.09. The molecule has 0 radical (unpaired) electrons. The van der Waals surface area contributed by atoms with E-state index in [2.05, 4.69) is 9.97 Å². The number of halogens is 2. The molecule has 0 amide bonds. The lowest BCUT2D eigenvalue weighted by molar-refractivity contribution is 0.625. The molecule has 104 valence electrons. The molecular formula is C14H13ClFN3S. The van der Waals surface area contributed by atoms with Gasteiger partial charge in [-0.05, 0) is 25.1 Å². The predicted molar refractivity (Wildman–Crippen MR) is 79.8 cm³/mol. The van der Waals surface area contributed by atoms with Crippen molar-refractivity contribution in [2.24, 2.45) is 0 Å². The highest BCUT2D eigenvalue weighted by molar-refractivity contribution is 7.09. The standard InChI is InChI=1S/C14H13ClFN3S/c1-9(15)14-18-11-3-2-10(16)8-12(11)19(14)6-4-13-17-5-7-20-13/h2-3,5,7-9H,4,6H2,1H3. The van der Waals surface area contributed by atoms with Crippen LogP contribution in [-0.4, -0.2) is 14.5 Å². The highest BCUT2D eigenvalue weighted by Crippen LogP contribution is 2.25. The van der Waals surface area contributed by atoms with Crippen LogP contribution in [0.5, 0.6) is 0 Å². The van der Waals surface area contributed by atoms with Gasteiger partial charge in [0.25, 0.3) is 0 Å². The lowest BCUT2D eigenvalue weighted by Crippen LogP contribution is -2.06. The maximum absolute atomic E-state index is 13.5. The van der Waals surface area contributed by atoms with Crippen molar-refractivity contribution in [3.05, 3.63) is 46.4 Å². The van der Waals surface area contributed by atoms with Gasteiger partial charge in [-0.1, -0.05) is 0 Å². The summed E-state index contributed by atoms with van der Waals surface area (Å²) in [6, 6.07) is 4.61. The van der Waals surface area contributed by atoms with Gasteiger partial charge in [-0.15, -0.1) is 22.9 Å². The van der Waals surface area contributed by atoms with E-state index in [1.54, 1.807) is 23.6 Å². The minimum absolute atomic E-state index is 0.221. The number of fused-ring (bicyclic) bond motifs is 1. The maximum Gasteiger partial charge on any atom is 0.127 e. The van der Waals surface area contributed by atoms with Crippen molar-refractivity contribution in [1.29, 1.82) is 0 Å². The number of rotatable bonds is 4. The quantitative estimate of drug-likeness (QED) is 0.677. The number of benzene rings is 1. The summed E-state index contributed by atoms with van der Waals surface area (Å²) in [6.45, 7) is 2.57. The van der Waals surface area contributed by atoms with E-state index in [0.717, 1.165) is 28.3 Å². The van der Waals surface area contributed by atoms with Crippen LogP contribution in [0.25, 0.3) is 11.0 Å². The van der Waals surface area contributed by atoms with Gasteiger partial charge in [-0.25, -0.2) is 14.4 Å². The molecule has 3 nitrogen and oxygen atoms in total. The molecule has 1 aromatic carbocycles. The summed E-state index contributed by atoms with van der Waals surface area (Å²) in [4.78, 5) is 8.77. The van der Waals surface area contributed by atoms with Gasteiger partial charge in [0.05, 0.1) is 21.4 Å². The van der Waals surface area contributed by atoms with E-state index >= 15 is 0 Å². The van der Waals surface area contributed by atoms with Crippen LogP contribution in [0, 0.1) is 5.82 Å². The van der Waals surface area contributed by atoms with Gasteiger partial charge in [0.15, 0.2) is 0 Å². The van der Waals surface area contributed by atoms with Gasteiger partial charge in [0.2, 0.25) is 0 Å². The fraction of sp³-hybridized carbons (Fsp3) is 0.286. The van der Waals surface area contributed by atoms with Gasteiger partial charge in [-0.3, -0.25) is 0 Å². The number of hydrogen-bond donors (Lipinski definition) is 0. The Bertz CT molecular complexity index is 721. The van der Waals surface area contributed by atoms with Crippen LogP contribution in [0.15, 0.2) is 29.8 Å². The van der Waals surface area contributed by atoms with Gasteiger partial charge in [-0.2, -0.15) is 0 Å². The Labute approximate surface area is 125 Å². The Kier molecular flexibility index (Phi) is 3.72. The predicted octanol–water partition coefficient (Wildman–Crippen LogP) is 4.17. The molecule has 3 rings (SSSR count). The third kappa shape index (κ3) is 2.55. The van der Waals surface area contributed by atoms with Crippen molar-refractivity contribution in [3.63, 3.8) is 0 Å². The zero-order valence-electron chi connectivity index (χ0n) is 10.9. The smallest absolute Gasteiger partial charge is 0.127 e. The molecule has 0 aliphatic heterocycles. The molecule has 2 aromatic heterocycles. The fourth-order valence-corrected chi connectivity index (χ4v) is 3.01. The first-order valence-electron chi connectivity index (χ1n) is 6.33. The van der Waals surface area contributed by atoms with E-state index in [1.807, 2.05) is 16.9 Å². The summed E-state index contributed by atoms with van der Waals surface area (Å²) in [6.07, 6.45) is 2.58. The number of alkyl halides is 1. The maximum atomic E-state index is 13.5. The highest BCUT2D eigenvalue weighted by Gasteiger charge is 2.15. The fourth-order valence-electron chi connectivity index (χ4n) is 2.24. The van der Waals surface area contributed by atoms with Gasteiger partial charge in [0, 0.05) is 24.5 Å². The molecule has 1 atom stereocenters. The van der Waals surface area contributed by atoms with Crippen molar-refractivity contribution in [2.75, 3.05) is 0 Å². The molecule has 0 aliphatic rings. The number of aryl methyl sites for hydroxylation is 2. The highest BCUT2D eigenvalue weighted by atomic mass is 35.5. The summed E-state index contributed by atoms with van der Waals surface area (Å²) in [5, 5.41) is 2.78. The van der Waals surface area contributed by atoms with Crippen molar-refractivity contribution in [1.82, 2.24) is 14.5 Å². The molecule has 0 N–H and O–H groups in total. The second-order valence-corrected chi connectivity index (χ2v) is 6.18. The van der Waals surface area contributed by atoms with Crippen LogP contribution in [0.3, 0.4) is 0 Å². The van der Waals surface area contributed by atoms with Crippen molar-refractivity contribution in [3.8, 4) is 0 Å². The summed E-state index contributed by atoms with van der Waals surface area (Å²) < 4.78 is 15.4. The molecular weight excluding hydrogens is 297 g/mol. The molecule has 6 heteroatoms. The summed E-state index contributed by atoms with van der Waals surface area (Å²) in [5.41, 5.74) is 1.55. The monoisotopic (exact) mass is 309 g/mol. The van der Waals surface area contributed by atoms with Crippen molar-refractivity contribution >= 4 is 34.0 Å². The second-order valence-electron chi connectivity index (χ2n) is 4.55. The van der Waals surface area contributed by atoms with Crippen molar-refractivity contribution in [2.45, 2.75) is 25.3 Å². The largest absolute Gasteiger partial charge is 0.326 e. The van der Waals surface area contributed by atoms with Gasteiger partial charge in [0.1, 0.15) is 11.6 Å². The van der Waals surface area contributed by atoms with Crippen LogP contribution >= 0.6 is 22.9 Å². The molecule has 0 aliphatic carbocycles. The molecule has 1 unspecified atom stereocenters. The van der Waals surface area contributed by atoms with Crippen LogP contribution in [0.1, 0.15) is 23.1 Å². The van der Waals surface area contributed by atoms with E-state index in [0.29, 0.717) is 6.54 Å². The van der Waals surface area contributed by atoms with Crippen LogP contribution < -0.4 is 0 Å². The number of imidazole rings is 1. The number of thiazole rings is 1. The van der Waals surface area contributed by atoms with E-state index in [-0.39, 0.29) is 11.2 Å². The number of hydrogen-bond acceptors (Lipinski definition) is 3. The van der Waals surface area contributed by atoms with Crippen LogP contribution in [0.2, 0.25) is 0 Å². The molecule has 0 bridgehead atoms. The second kappa shape index (κ2) is 5.50. The van der Waals surface area contributed by atoms with E-state index in [1.165, 1.54) is 12.1 Å². The van der Waals surface area contributed by atoms with Gasteiger partial charge < -0.3 is 4.57 Å². The summed E-state index contributed by atoms with van der Waals surface area (Å²) in [7, 11) is 0. The number of aromatic nitrogens is 3. The normalized spacial score (nSPS) is 12.9. The molecule has 0 saturated carbocycles. The van der Waals surface area contributed by atoms with Crippen molar-refractivity contribution < 1.29 is 4.39 Å². The first kappa shape index (κ1) is 13.5. The summed E-state index contributed by atoms with van der Waals surface area (Å²) >= 11 is 7.81. The SMILES string of the molecule is CC(Cl)c1nc2ccc(F)cc2n1CCc1nccs1. The third-order valence-corrected chi connectivity index (χ3v) is 4.16. The average molecular weight is 310 g/mol. The van der Waals surface area contributed by atoms with E-state index < -0.39 is 0 Å². The van der Waals surface area contributed by atoms with E-state index in [9.17, 15) is 4.39 Å². The average Bonchev–Trinajstić information content (AvgIpc) is 3.03. The third-order valence-electron chi connectivity index (χ3n) is 3.13.